The Balaban J connectivity index is 2.12. The molecule has 0 aromatic carbocycles. The fourth-order valence-electron chi connectivity index (χ4n) is 1.73. The second-order valence-electron chi connectivity index (χ2n) is 3.93. The normalized spacial score (nSPS) is 18.6. The number of ether oxygens (including phenoxy) is 1. The summed E-state index contributed by atoms with van der Waals surface area (Å²) in [6.45, 7) is 6.42. The molecule has 0 radical (unpaired) electrons. The quantitative estimate of drug-likeness (QED) is 0.646. The zero-order valence-electron chi connectivity index (χ0n) is 9.29. The van der Waals surface area contributed by atoms with Crippen molar-refractivity contribution in [3.8, 4) is 0 Å². The van der Waals surface area contributed by atoms with E-state index in [-0.39, 0.29) is 5.91 Å². The molecular weight excluding hydrogens is 178 g/mol. The van der Waals surface area contributed by atoms with Crippen molar-refractivity contribution in [2.24, 2.45) is 0 Å². The highest BCUT2D eigenvalue weighted by atomic mass is 16.5. The van der Waals surface area contributed by atoms with Crippen molar-refractivity contribution >= 4 is 5.91 Å². The summed E-state index contributed by atoms with van der Waals surface area (Å²) in [6, 6.07) is 0. The number of nitrogens with zero attached hydrogens (tertiary/aromatic N) is 1. The number of carbonyl (C=O) groups excluding carboxylic acids is 1. The number of piperidine rings is 1. The molecule has 0 N–H and O–H groups in total. The van der Waals surface area contributed by atoms with Gasteiger partial charge in [-0.3, -0.25) is 4.79 Å². The lowest BCUT2D eigenvalue weighted by molar-refractivity contribution is -0.131. The standard InChI is InChI=1S/C11H21NO2/c1-3-4-9-14-11-5-7-12(8-6-11)10(2)13/h11H,3-9H2,1-2H3. The third-order valence-corrected chi connectivity index (χ3v) is 2.74. The maximum absolute atomic E-state index is 11.1. The molecule has 82 valence electrons. The SMILES string of the molecule is CCCCOC1CCN(C(C)=O)CC1. The predicted molar refractivity (Wildman–Crippen MR) is 56.1 cm³/mol. The summed E-state index contributed by atoms with van der Waals surface area (Å²) in [4.78, 5) is 13.0. The lowest BCUT2D eigenvalue weighted by Crippen LogP contribution is -2.39. The minimum Gasteiger partial charge on any atom is -0.378 e. The van der Waals surface area contributed by atoms with Crippen LogP contribution in [0.3, 0.4) is 0 Å². The molecule has 0 aromatic rings. The largest absolute Gasteiger partial charge is 0.378 e. The Kier molecular flexibility index (Phi) is 4.94. The summed E-state index contributed by atoms with van der Waals surface area (Å²) in [7, 11) is 0. The van der Waals surface area contributed by atoms with E-state index in [0.29, 0.717) is 6.10 Å². The minimum atomic E-state index is 0.192. The van der Waals surface area contributed by atoms with E-state index in [2.05, 4.69) is 6.92 Å². The lowest BCUT2D eigenvalue weighted by Gasteiger charge is -2.31. The van der Waals surface area contributed by atoms with Crippen LogP contribution in [-0.4, -0.2) is 36.6 Å². The third-order valence-electron chi connectivity index (χ3n) is 2.74. The summed E-state index contributed by atoms with van der Waals surface area (Å²) in [5.74, 6) is 0.192. The van der Waals surface area contributed by atoms with Crippen LogP contribution in [0.4, 0.5) is 0 Å². The molecule has 0 aliphatic carbocycles. The van der Waals surface area contributed by atoms with Crippen molar-refractivity contribution in [2.75, 3.05) is 19.7 Å². The lowest BCUT2D eigenvalue weighted by atomic mass is 10.1. The van der Waals surface area contributed by atoms with Crippen LogP contribution >= 0.6 is 0 Å². The first-order valence-corrected chi connectivity index (χ1v) is 5.61. The van der Waals surface area contributed by atoms with E-state index in [1.54, 1.807) is 6.92 Å². The van der Waals surface area contributed by atoms with E-state index in [1.165, 1.54) is 6.42 Å². The number of hydrogen-bond donors (Lipinski definition) is 0. The Hall–Kier alpha value is -0.570. The Morgan fingerprint density at radius 3 is 2.57 bits per heavy atom. The van der Waals surface area contributed by atoms with Crippen LogP contribution in [0.1, 0.15) is 39.5 Å². The number of rotatable bonds is 4. The van der Waals surface area contributed by atoms with Gasteiger partial charge < -0.3 is 9.64 Å². The van der Waals surface area contributed by atoms with Gasteiger partial charge in [0.15, 0.2) is 0 Å². The van der Waals surface area contributed by atoms with Gasteiger partial charge in [-0.15, -0.1) is 0 Å². The van der Waals surface area contributed by atoms with Gasteiger partial charge >= 0.3 is 0 Å². The summed E-state index contributed by atoms with van der Waals surface area (Å²) in [5.41, 5.74) is 0. The molecule has 3 heteroatoms. The molecule has 1 fully saturated rings. The summed E-state index contributed by atoms with van der Waals surface area (Å²) in [6.07, 6.45) is 4.73. The maximum atomic E-state index is 11.1. The monoisotopic (exact) mass is 199 g/mol. The van der Waals surface area contributed by atoms with Gasteiger partial charge in [0.1, 0.15) is 0 Å². The zero-order chi connectivity index (χ0) is 10.4. The van der Waals surface area contributed by atoms with Crippen molar-refractivity contribution in [1.29, 1.82) is 0 Å². The Labute approximate surface area is 86.4 Å². The first-order valence-electron chi connectivity index (χ1n) is 5.61. The van der Waals surface area contributed by atoms with E-state index >= 15 is 0 Å². The van der Waals surface area contributed by atoms with E-state index in [1.807, 2.05) is 4.90 Å². The average molecular weight is 199 g/mol. The molecule has 0 saturated carbocycles. The third kappa shape index (κ3) is 3.66. The Morgan fingerprint density at radius 1 is 1.43 bits per heavy atom. The Bertz CT molecular complexity index is 174. The van der Waals surface area contributed by atoms with Crippen LogP contribution < -0.4 is 0 Å². The highest BCUT2D eigenvalue weighted by molar-refractivity contribution is 5.73. The van der Waals surface area contributed by atoms with Gasteiger partial charge in [0, 0.05) is 26.6 Å². The molecule has 1 aliphatic heterocycles. The van der Waals surface area contributed by atoms with Gasteiger partial charge in [0.25, 0.3) is 0 Å². The second-order valence-corrected chi connectivity index (χ2v) is 3.93. The predicted octanol–water partition coefficient (Wildman–Crippen LogP) is 1.81. The average Bonchev–Trinajstić information content (AvgIpc) is 2.19. The number of carbonyl (C=O) groups is 1. The number of likely N-dealkylation sites (tertiary alicyclic amines) is 1. The molecule has 0 spiro atoms. The Morgan fingerprint density at radius 2 is 2.07 bits per heavy atom. The number of hydrogen-bond acceptors (Lipinski definition) is 2. The van der Waals surface area contributed by atoms with Gasteiger partial charge in [-0.05, 0) is 19.3 Å². The molecule has 1 aliphatic rings. The van der Waals surface area contributed by atoms with Gasteiger partial charge in [-0.2, -0.15) is 0 Å². The van der Waals surface area contributed by atoms with Crippen molar-refractivity contribution in [3.63, 3.8) is 0 Å². The molecule has 0 bridgehead atoms. The molecule has 0 unspecified atom stereocenters. The minimum absolute atomic E-state index is 0.192. The van der Waals surface area contributed by atoms with E-state index in [0.717, 1.165) is 39.0 Å². The van der Waals surface area contributed by atoms with Gasteiger partial charge in [0.2, 0.25) is 5.91 Å². The van der Waals surface area contributed by atoms with Crippen molar-refractivity contribution < 1.29 is 9.53 Å². The molecule has 0 aromatic heterocycles. The van der Waals surface area contributed by atoms with Crippen LogP contribution in [0.2, 0.25) is 0 Å². The van der Waals surface area contributed by atoms with Crippen LogP contribution in [0, 0.1) is 0 Å². The number of unbranched alkanes of at least 4 members (excludes halogenated alkanes) is 1. The maximum Gasteiger partial charge on any atom is 0.219 e. The van der Waals surface area contributed by atoms with E-state index < -0.39 is 0 Å². The molecule has 1 heterocycles. The van der Waals surface area contributed by atoms with Gasteiger partial charge in [-0.1, -0.05) is 13.3 Å². The van der Waals surface area contributed by atoms with E-state index in [9.17, 15) is 4.79 Å². The molecular formula is C11H21NO2. The molecule has 1 rings (SSSR count). The molecule has 1 amide bonds. The van der Waals surface area contributed by atoms with Crippen molar-refractivity contribution in [3.05, 3.63) is 0 Å². The zero-order valence-corrected chi connectivity index (χ0v) is 9.29. The topological polar surface area (TPSA) is 29.5 Å². The van der Waals surface area contributed by atoms with Crippen LogP contribution in [0.15, 0.2) is 0 Å². The van der Waals surface area contributed by atoms with Gasteiger partial charge in [0.05, 0.1) is 6.10 Å². The first kappa shape index (κ1) is 11.5. The number of amides is 1. The summed E-state index contributed by atoms with van der Waals surface area (Å²) < 4.78 is 5.71. The summed E-state index contributed by atoms with van der Waals surface area (Å²) in [5, 5.41) is 0. The second kappa shape index (κ2) is 6.02. The smallest absolute Gasteiger partial charge is 0.219 e. The highest BCUT2D eigenvalue weighted by Gasteiger charge is 2.20. The molecule has 14 heavy (non-hydrogen) atoms. The van der Waals surface area contributed by atoms with Crippen LogP contribution in [0.5, 0.6) is 0 Å². The fourth-order valence-corrected chi connectivity index (χ4v) is 1.73. The summed E-state index contributed by atoms with van der Waals surface area (Å²) >= 11 is 0. The van der Waals surface area contributed by atoms with Crippen molar-refractivity contribution in [1.82, 2.24) is 4.90 Å². The van der Waals surface area contributed by atoms with E-state index in [4.69, 9.17) is 4.74 Å². The molecule has 3 nitrogen and oxygen atoms in total. The van der Waals surface area contributed by atoms with Crippen LogP contribution in [-0.2, 0) is 9.53 Å². The first-order chi connectivity index (χ1) is 6.74. The van der Waals surface area contributed by atoms with Crippen molar-refractivity contribution in [2.45, 2.75) is 45.6 Å². The fraction of sp³-hybridized carbons (Fsp3) is 0.909. The van der Waals surface area contributed by atoms with Gasteiger partial charge in [-0.25, -0.2) is 0 Å². The van der Waals surface area contributed by atoms with Crippen LogP contribution in [0.25, 0.3) is 0 Å². The highest BCUT2D eigenvalue weighted by Crippen LogP contribution is 2.13. The molecule has 1 saturated heterocycles. The molecule has 0 atom stereocenters.